The molecule has 1 fully saturated rings. The summed E-state index contributed by atoms with van der Waals surface area (Å²) in [7, 11) is 0. The molecule has 0 aliphatic carbocycles. The Morgan fingerprint density at radius 3 is 2.93 bits per heavy atom. The molecule has 2 unspecified atom stereocenters. The quantitative estimate of drug-likeness (QED) is 0.697. The highest BCUT2D eigenvalue weighted by atomic mass is 16.4. The highest BCUT2D eigenvalue weighted by Crippen LogP contribution is 2.19. The van der Waals surface area contributed by atoms with E-state index in [1.807, 2.05) is 6.92 Å². The molecule has 0 amide bonds. The molecule has 82 valence electrons. The van der Waals surface area contributed by atoms with Gasteiger partial charge >= 0.3 is 5.97 Å². The minimum Gasteiger partial charge on any atom is -0.481 e. The minimum atomic E-state index is -0.746. The smallest absolute Gasteiger partial charge is 0.304 e. The number of carbonyl (C=O) groups is 1. The van der Waals surface area contributed by atoms with Gasteiger partial charge in [0.05, 0.1) is 12.5 Å². The molecule has 2 N–H and O–H groups in total. The van der Waals surface area contributed by atoms with Gasteiger partial charge in [0.25, 0.3) is 0 Å². The number of likely N-dealkylation sites (tertiary alicyclic amines) is 1. The van der Waals surface area contributed by atoms with Gasteiger partial charge in [0.2, 0.25) is 0 Å². The predicted octanol–water partition coefficient (Wildman–Crippen LogP) is 0.554. The molecule has 0 aromatic rings. The maximum Gasteiger partial charge on any atom is 0.304 e. The number of carboxylic acid groups (broad SMARTS) is 1. The van der Waals surface area contributed by atoms with Crippen molar-refractivity contribution in [1.29, 1.82) is 0 Å². The van der Waals surface area contributed by atoms with E-state index < -0.39 is 5.97 Å². The third-order valence-electron chi connectivity index (χ3n) is 2.87. The van der Waals surface area contributed by atoms with Crippen molar-refractivity contribution in [3.63, 3.8) is 0 Å². The Morgan fingerprint density at radius 2 is 2.36 bits per heavy atom. The van der Waals surface area contributed by atoms with Crippen LogP contribution in [0.2, 0.25) is 0 Å². The van der Waals surface area contributed by atoms with Crippen molar-refractivity contribution in [2.75, 3.05) is 19.6 Å². The SMILES string of the molecule is CC(O)C1CCCN(CCC(=O)O)C1. The molecule has 0 bridgehead atoms. The number of nitrogens with zero attached hydrogens (tertiary/aromatic N) is 1. The van der Waals surface area contributed by atoms with E-state index in [-0.39, 0.29) is 12.5 Å². The van der Waals surface area contributed by atoms with Gasteiger partial charge in [-0.1, -0.05) is 0 Å². The predicted molar refractivity (Wildman–Crippen MR) is 53.1 cm³/mol. The van der Waals surface area contributed by atoms with Crippen molar-refractivity contribution in [3.05, 3.63) is 0 Å². The second kappa shape index (κ2) is 5.32. The van der Waals surface area contributed by atoms with Crippen LogP contribution in [-0.4, -0.2) is 46.8 Å². The minimum absolute atomic E-state index is 0.201. The highest BCUT2D eigenvalue weighted by Gasteiger charge is 2.23. The Bertz CT molecular complexity index is 194. The highest BCUT2D eigenvalue weighted by molar-refractivity contribution is 5.66. The number of aliphatic hydroxyl groups is 1. The van der Waals surface area contributed by atoms with Crippen LogP contribution in [0.25, 0.3) is 0 Å². The van der Waals surface area contributed by atoms with Crippen LogP contribution in [0, 0.1) is 5.92 Å². The van der Waals surface area contributed by atoms with Gasteiger partial charge < -0.3 is 15.1 Å². The molecule has 1 heterocycles. The normalized spacial score (nSPS) is 26.0. The lowest BCUT2D eigenvalue weighted by molar-refractivity contribution is -0.137. The van der Waals surface area contributed by atoms with Gasteiger partial charge in [0, 0.05) is 13.1 Å². The summed E-state index contributed by atoms with van der Waals surface area (Å²) in [5, 5.41) is 18.0. The molecule has 0 radical (unpaired) electrons. The van der Waals surface area contributed by atoms with Gasteiger partial charge in [0.1, 0.15) is 0 Å². The van der Waals surface area contributed by atoms with E-state index in [9.17, 15) is 9.90 Å². The van der Waals surface area contributed by atoms with Crippen LogP contribution >= 0.6 is 0 Å². The number of aliphatic hydroxyl groups excluding tert-OH is 1. The van der Waals surface area contributed by atoms with Crippen molar-refractivity contribution >= 4 is 5.97 Å². The van der Waals surface area contributed by atoms with E-state index in [1.54, 1.807) is 0 Å². The molecule has 1 rings (SSSR count). The summed E-state index contributed by atoms with van der Waals surface area (Å²) < 4.78 is 0. The van der Waals surface area contributed by atoms with Crippen LogP contribution in [0.3, 0.4) is 0 Å². The first-order valence-corrected chi connectivity index (χ1v) is 5.22. The largest absolute Gasteiger partial charge is 0.481 e. The molecule has 1 aliphatic heterocycles. The second-order valence-electron chi connectivity index (χ2n) is 4.09. The standard InChI is InChI=1S/C10H19NO3/c1-8(12)9-3-2-5-11(7-9)6-4-10(13)14/h8-9,12H,2-7H2,1H3,(H,13,14). The summed E-state index contributed by atoms with van der Waals surface area (Å²) in [5.41, 5.74) is 0. The van der Waals surface area contributed by atoms with Gasteiger partial charge in [0.15, 0.2) is 0 Å². The van der Waals surface area contributed by atoms with E-state index in [0.29, 0.717) is 12.5 Å². The van der Waals surface area contributed by atoms with Crippen LogP contribution in [-0.2, 0) is 4.79 Å². The molecule has 1 saturated heterocycles. The van der Waals surface area contributed by atoms with E-state index in [0.717, 1.165) is 25.9 Å². The summed E-state index contributed by atoms with van der Waals surface area (Å²) in [4.78, 5) is 12.5. The average Bonchev–Trinajstić information content (AvgIpc) is 2.15. The Labute approximate surface area is 84.5 Å². The van der Waals surface area contributed by atoms with Gasteiger partial charge in [-0.05, 0) is 32.2 Å². The van der Waals surface area contributed by atoms with Crippen molar-refractivity contribution in [3.8, 4) is 0 Å². The molecule has 4 heteroatoms. The molecule has 1 aliphatic rings. The summed E-state index contributed by atoms with van der Waals surface area (Å²) in [5.74, 6) is -0.429. The third kappa shape index (κ3) is 3.64. The molecule has 2 atom stereocenters. The Hall–Kier alpha value is -0.610. The van der Waals surface area contributed by atoms with Crippen molar-refractivity contribution in [1.82, 2.24) is 4.90 Å². The lowest BCUT2D eigenvalue weighted by Crippen LogP contribution is -2.40. The fraction of sp³-hybridized carbons (Fsp3) is 0.900. The maximum absolute atomic E-state index is 10.4. The lowest BCUT2D eigenvalue weighted by Gasteiger charge is -2.33. The van der Waals surface area contributed by atoms with E-state index in [1.165, 1.54) is 0 Å². The summed E-state index contributed by atoms with van der Waals surface area (Å²) >= 11 is 0. The lowest BCUT2D eigenvalue weighted by atomic mass is 9.93. The topological polar surface area (TPSA) is 60.8 Å². The fourth-order valence-electron chi connectivity index (χ4n) is 1.94. The summed E-state index contributed by atoms with van der Waals surface area (Å²) in [6.07, 6.45) is 2.05. The van der Waals surface area contributed by atoms with Gasteiger partial charge in [-0.15, -0.1) is 0 Å². The Morgan fingerprint density at radius 1 is 1.64 bits per heavy atom. The Balaban J connectivity index is 2.29. The number of carboxylic acids is 1. The maximum atomic E-state index is 10.4. The first kappa shape index (κ1) is 11.5. The number of rotatable bonds is 4. The first-order valence-electron chi connectivity index (χ1n) is 5.22. The van der Waals surface area contributed by atoms with Crippen molar-refractivity contribution in [2.45, 2.75) is 32.3 Å². The molecular formula is C10H19NO3. The van der Waals surface area contributed by atoms with E-state index in [2.05, 4.69) is 4.90 Å². The first-order chi connectivity index (χ1) is 6.59. The third-order valence-corrected chi connectivity index (χ3v) is 2.87. The fourth-order valence-corrected chi connectivity index (χ4v) is 1.94. The summed E-state index contributed by atoms with van der Waals surface area (Å²) in [6.45, 7) is 4.23. The van der Waals surface area contributed by atoms with Crippen LogP contribution < -0.4 is 0 Å². The second-order valence-corrected chi connectivity index (χ2v) is 4.09. The molecule has 0 aromatic carbocycles. The van der Waals surface area contributed by atoms with E-state index >= 15 is 0 Å². The van der Waals surface area contributed by atoms with Gasteiger partial charge in [-0.25, -0.2) is 0 Å². The van der Waals surface area contributed by atoms with Crippen LogP contribution in [0.1, 0.15) is 26.2 Å². The van der Waals surface area contributed by atoms with Crippen LogP contribution in [0.5, 0.6) is 0 Å². The zero-order chi connectivity index (χ0) is 10.6. The van der Waals surface area contributed by atoms with Crippen LogP contribution in [0.15, 0.2) is 0 Å². The summed E-state index contributed by atoms with van der Waals surface area (Å²) in [6, 6.07) is 0. The molecular weight excluding hydrogens is 182 g/mol. The number of aliphatic carboxylic acids is 1. The molecule has 14 heavy (non-hydrogen) atoms. The van der Waals surface area contributed by atoms with Gasteiger partial charge in [-0.2, -0.15) is 0 Å². The van der Waals surface area contributed by atoms with Crippen molar-refractivity contribution in [2.24, 2.45) is 5.92 Å². The molecule has 0 spiro atoms. The average molecular weight is 201 g/mol. The number of hydrogen-bond donors (Lipinski definition) is 2. The monoisotopic (exact) mass is 201 g/mol. The van der Waals surface area contributed by atoms with Gasteiger partial charge in [-0.3, -0.25) is 4.79 Å². The van der Waals surface area contributed by atoms with Crippen molar-refractivity contribution < 1.29 is 15.0 Å². The van der Waals surface area contributed by atoms with E-state index in [4.69, 9.17) is 5.11 Å². The van der Waals surface area contributed by atoms with Crippen LogP contribution in [0.4, 0.5) is 0 Å². The molecule has 0 saturated carbocycles. The molecule has 0 aromatic heterocycles. The molecule has 4 nitrogen and oxygen atoms in total. The zero-order valence-corrected chi connectivity index (χ0v) is 8.65. The zero-order valence-electron chi connectivity index (χ0n) is 8.65. The Kier molecular flexibility index (Phi) is 4.35. The number of hydrogen-bond acceptors (Lipinski definition) is 3. The number of piperidine rings is 1.